The Kier molecular flexibility index (Phi) is 3.33. The number of para-hydroxylation sites is 1. The SMILES string of the molecule is CN1C(=O)C(C2CCCCC2)Sc2ccccc21. The Hall–Kier alpha value is -0.960. The van der Waals surface area contributed by atoms with Crippen molar-refractivity contribution in [2.24, 2.45) is 5.92 Å². The van der Waals surface area contributed by atoms with E-state index in [0.29, 0.717) is 11.8 Å². The second kappa shape index (κ2) is 4.96. The summed E-state index contributed by atoms with van der Waals surface area (Å²) in [6.45, 7) is 0. The van der Waals surface area contributed by atoms with Gasteiger partial charge in [-0.3, -0.25) is 4.79 Å². The Balaban J connectivity index is 1.88. The lowest BCUT2D eigenvalue weighted by molar-refractivity contribution is -0.119. The van der Waals surface area contributed by atoms with Crippen LogP contribution in [-0.4, -0.2) is 18.2 Å². The van der Waals surface area contributed by atoms with Crippen LogP contribution in [0.25, 0.3) is 0 Å². The molecular formula is C15H19NOS. The standard InChI is InChI=1S/C15H19NOS/c1-16-12-9-5-6-10-13(12)18-14(15(16)17)11-7-3-2-4-8-11/h5-6,9-11,14H,2-4,7-8H2,1H3. The number of fused-ring (bicyclic) bond motifs is 1. The van der Waals surface area contributed by atoms with Crippen molar-refractivity contribution in [2.45, 2.75) is 42.2 Å². The molecule has 1 unspecified atom stereocenters. The summed E-state index contributed by atoms with van der Waals surface area (Å²) in [6, 6.07) is 8.24. The molecule has 0 saturated heterocycles. The fraction of sp³-hybridized carbons (Fsp3) is 0.533. The van der Waals surface area contributed by atoms with E-state index in [1.54, 1.807) is 11.8 Å². The largest absolute Gasteiger partial charge is 0.313 e. The Morgan fingerprint density at radius 1 is 1.17 bits per heavy atom. The number of hydrogen-bond donors (Lipinski definition) is 0. The lowest BCUT2D eigenvalue weighted by Crippen LogP contribution is -2.42. The van der Waals surface area contributed by atoms with E-state index in [1.807, 2.05) is 24.1 Å². The minimum Gasteiger partial charge on any atom is -0.313 e. The van der Waals surface area contributed by atoms with Crippen LogP contribution >= 0.6 is 11.8 Å². The maximum Gasteiger partial charge on any atom is 0.240 e. The first-order valence-electron chi connectivity index (χ1n) is 6.80. The summed E-state index contributed by atoms with van der Waals surface area (Å²) in [6.07, 6.45) is 6.37. The van der Waals surface area contributed by atoms with E-state index < -0.39 is 0 Å². The molecule has 0 bridgehead atoms. The summed E-state index contributed by atoms with van der Waals surface area (Å²) in [5.74, 6) is 0.873. The van der Waals surface area contributed by atoms with Crippen molar-refractivity contribution in [3.63, 3.8) is 0 Å². The predicted molar refractivity (Wildman–Crippen MR) is 76.1 cm³/mol. The zero-order chi connectivity index (χ0) is 12.5. The van der Waals surface area contributed by atoms with Crippen molar-refractivity contribution >= 4 is 23.4 Å². The molecule has 1 aromatic rings. The fourth-order valence-corrected chi connectivity index (χ4v) is 4.55. The van der Waals surface area contributed by atoms with Gasteiger partial charge in [-0.1, -0.05) is 31.4 Å². The van der Waals surface area contributed by atoms with Crippen LogP contribution < -0.4 is 4.90 Å². The van der Waals surface area contributed by atoms with E-state index in [-0.39, 0.29) is 5.25 Å². The van der Waals surface area contributed by atoms with Gasteiger partial charge in [0, 0.05) is 11.9 Å². The first-order chi connectivity index (χ1) is 8.77. The molecule has 3 heteroatoms. The van der Waals surface area contributed by atoms with Gasteiger partial charge in [0.1, 0.15) is 0 Å². The molecule has 1 aromatic carbocycles. The van der Waals surface area contributed by atoms with Crippen LogP contribution in [0.3, 0.4) is 0 Å². The minimum atomic E-state index is 0.144. The first-order valence-corrected chi connectivity index (χ1v) is 7.68. The third-order valence-corrected chi connectivity index (χ3v) is 5.57. The van der Waals surface area contributed by atoms with E-state index in [0.717, 1.165) is 5.69 Å². The van der Waals surface area contributed by atoms with Crippen molar-refractivity contribution in [1.82, 2.24) is 0 Å². The molecule has 1 fully saturated rings. The molecule has 1 heterocycles. The summed E-state index contributed by atoms with van der Waals surface area (Å²) in [7, 11) is 1.91. The topological polar surface area (TPSA) is 20.3 Å². The van der Waals surface area contributed by atoms with E-state index in [1.165, 1.54) is 37.0 Å². The van der Waals surface area contributed by atoms with E-state index in [4.69, 9.17) is 0 Å². The number of hydrogen-bond acceptors (Lipinski definition) is 2. The van der Waals surface area contributed by atoms with E-state index in [2.05, 4.69) is 12.1 Å². The van der Waals surface area contributed by atoms with Gasteiger partial charge in [0.05, 0.1) is 10.9 Å². The number of rotatable bonds is 1. The molecule has 18 heavy (non-hydrogen) atoms. The maximum absolute atomic E-state index is 12.5. The summed E-state index contributed by atoms with van der Waals surface area (Å²) in [5, 5.41) is 0.144. The molecule has 3 rings (SSSR count). The van der Waals surface area contributed by atoms with Gasteiger partial charge in [0.2, 0.25) is 5.91 Å². The third kappa shape index (κ3) is 2.05. The Bertz CT molecular complexity index is 454. The number of amides is 1. The van der Waals surface area contributed by atoms with Gasteiger partial charge in [0.25, 0.3) is 0 Å². The van der Waals surface area contributed by atoms with Gasteiger partial charge < -0.3 is 4.90 Å². The average Bonchev–Trinajstić information content (AvgIpc) is 2.44. The van der Waals surface area contributed by atoms with Crippen LogP contribution in [-0.2, 0) is 4.79 Å². The molecule has 0 spiro atoms. The molecule has 1 amide bonds. The number of benzene rings is 1. The highest BCUT2D eigenvalue weighted by Gasteiger charge is 2.36. The van der Waals surface area contributed by atoms with Crippen molar-refractivity contribution in [2.75, 3.05) is 11.9 Å². The van der Waals surface area contributed by atoms with Crippen LogP contribution in [0.4, 0.5) is 5.69 Å². The van der Waals surface area contributed by atoms with E-state index in [9.17, 15) is 4.79 Å². The predicted octanol–water partition coefficient (Wildman–Crippen LogP) is 3.70. The number of thioether (sulfide) groups is 1. The Morgan fingerprint density at radius 2 is 1.89 bits per heavy atom. The molecule has 2 nitrogen and oxygen atoms in total. The molecule has 0 aromatic heterocycles. The number of nitrogens with zero attached hydrogens (tertiary/aromatic N) is 1. The monoisotopic (exact) mass is 261 g/mol. The maximum atomic E-state index is 12.5. The fourth-order valence-electron chi connectivity index (χ4n) is 3.07. The molecule has 1 aliphatic heterocycles. The highest BCUT2D eigenvalue weighted by atomic mass is 32.2. The van der Waals surface area contributed by atoms with Crippen molar-refractivity contribution in [3.8, 4) is 0 Å². The van der Waals surface area contributed by atoms with Crippen molar-refractivity contribution in [1.29, 1.82) is 0 Å². The molecule has 0 radical (unpaired) electrons. The highest BCUT2D eigenvalue weighted by Crippen LogP contribution is 2.44. The molecule has 1 atom stereocenters. The second-order valence-electron chi connectivity index (χ2n) is 5.30. The number of carbonyl (C=O) groups excluding carboxylic acids is 1. The molecule has 1 aliphatic carbocycles. The Labute approximate surface area is 113 Å². The summed E-state index contributed by atoms with van der Waals surface area (Å²) < 4.78 is 0. The first kappa shape index (κ1) is 12.1. The molecular weight excluding hydrogens is 242 g/mol. The van der Waals surface area contributed by atoms with Crippen LogP contribution in [0.15, 0.2) is 29.2 Å². The smallest absolute Gasteiger partial charge is 0.240 e. The number of anilines is 1. The Morgan fingerprint density at radius 3 is 2.67 bits per heavy atom. The van der Waals surface area contributed by atoms with Crippen LogP contribution in [0.5, 0.6) is 0 Å². The van der Waals surface area contributed by atoms with Crippen LogP contribution in [0.2, 0.25) is 0 Å². The van der Waals surface area contributed by atoms with Gasteiger partial charge in [-0.25, -0.2) is 0 Å². The average molecular weight is 261 g/mol. The van der Waals surface area contributed by atoms with E-state index >= 15 is 0 Å². The summed E-state index contributed by atoms with van der Waals surface area (Å²) in [5.41, 5.74) is 1.07. The normalized spacial score (nSPS) is 25.1. The second-order valence-corrected chi connectivity index (χ2v) is 6.48. The molecule has 96 valence electrons. The zero-order valence-electron chi connectivity index (χ0n) is 10.8. The van der Waals surface area contributed by atoms with Gasteiger partial charge in [-0.15, -0.1) is 11.8 Å². The molecule has 2 aliphatic rings. The van der Waals surface area contributed by atoms with Gasteiger partial charge >= 0.3 is 0 Å². The van der Waals surface area contributed by atoms with Gasteiger partial charge in [-0.2, -0.15) is 0 Å². The zero-order valence-corrected chi connectivity index (χ0v) is 11.6. The van der Waals surface area contributed by atoms with Crippen molar-refractivity contribution in [3.05, 3.63) is 24.3 Å². The number of carbonyl (C=O) groups is 1. The van der Waals surface area contributed by atoms with Crippen molar-refractivity contribution < 1.29 is 4.79 Å². The highest BCUT2D eigenvalue weighted by molar-refractivity contribution is 8.01. The summed E-state index contributed by atoms with van der Waals surface area (Å²) in [4.78, 5) is 15.6. The van der Waals surface area contributed by atoms with Gasteiger partial charge in [0.15, 0.2) is 0 Å². The quantitative estimate of drug-likeness (QED) is 0.768. The minimum absolute atomic E-state index is 0.144. The van der Waals surface area contributed by atoms with Gasteiger partial charge in [-0.05, 0) is 30.9 Å². The lowest BCUT2D eigenvalue weighted by Gasteiger charge is -2.36. The van der Waals surface area contributed by atoms with Crippen LogP contribution in [0.1, 0.15) is 32.1 Å². The molecule has 1 saturated carbocycles. The summed E-state index contributed by atoms with van der Waals surface area (Å²) >= 11 is 1.78. The van der Waals surface area contributed by atoms with Crippen LogP contribution in [0, 0.1) is 5.92 Å². The lowest BCUT2D eigenvalue weighted by atomic mass is 9.86. The molecule has 0 N–H and O–H groups in total. The third-order valence-electron chi connectivity index (χ3n) is 4.13.